The van der Waals surface area contributed by atoms with E-state index in [1.165, 1.54) is 7.05 Å². The summed E-state index contributed by atoms with van der Waals surface area (Å²) in [4.78, 5) is 11.1. The van der Waals surface area contributed by atoms with Crippen LogP contribution in [0.15, 0.2) is 24.3 Å². The molecule has 1 aromatic rings. The second kappa shape index (κ2) is 5.11. The van der Waals surface area contributed by atoms with Crippen molar-refractivity contribution in [1.82, 2.24) is 5.06 Å². The molecule has 2 N–H and O–H groups in total. The van der Waals surface area contributed by atoms with E-state index in [9.17, 15) is 9.90 Å². The van der Waals surface area contributed by atoms with Gasteiger partial charge in [-0.15, -0.1) is 0 Å². The van der Waals surface area contributed by atoms with Crippen molar-refractivity contribution in [3.8, 4) is 0 Å². The average molecular weight is 230 g/mol. The molecule has 0 fully saturated rings. The summed E-state index contributed by atoms with van der Waals surface area (Å²) in [5.41, 5.74) is 0.553. The summed E-state index contributed by atoms with van der Waals surface area (Å²) in [6.07, 6.45) is -1.13. The molecule has 0 aliphatic carbocycles. The third-order valence-electron chi connectivity index (χ3n) is 1.96. The van der Waals surface area contributed by atoms with Crippen molar-refractivity contribution in [2.24, 2.45) is 0 Å². The molecular formula is C10H12ClNO3. The number of carbonyl (C=O) groups excluding carboxylic acids is 1. The highest BCUT2D eigenvalue weighted by Crippen LogP contribution is 2.20. The molecule has 15 heavy (non-hydrogen) atoms. The molecule has 0 aliphatic rings. The zero-order valence-electron chi connectivity index (χ0n) is 8.22. The number of hydrogen-bond acceptors (Lipinski definition) is 3. The fourth-order valence-corrected chi connectivity index (χ4v) is 1.33. The van der Waals surface area contributed by atoms with Crippen LogP contribution in [0.1, 0.15) is 18.1 Å². The standard InChI is InChI=1S/C10H12ClNO3/c1-12(15)10(14)6-9(13)7-3-2-4-8(11)5-7/h2-5,9,13,15H,6H2,1H3. The Hall–Kier alpha value is -1.10. The summed E-state index contributed by atoms with van der Waals surface area (Å²) in [5, 5.41) is 19.4. The topological polar surface area (TPSA) is 60.8 Å². The number of aliphatic hydroxyl groups excluding tert-OH is 1. The lowest BCUT2D eigenvalue weighted by Gasteiger charge is -2.13. The number of rotatable bonds is 3. The van der Waals surface area contributed by atoms with E-state index in [0.29, 0.717) is 15.6 Å². The van der Waals surface area contributed by atoms with Gasteiger partial charge in [0.15, 0.2) is 0 Å². The zero-order valence-corrected chi connectivity index (χ0v) is 8.98. The molecule has 0 aliphatic heterocycles. The molecule has 1 unspecified atom stereocenters. The number of carbonyl (C=O) groups is 1. The lowest BCUT2D eigenvalue weighted by Crippen LogP contribution is -2.24. The van der Waals surface area contributed by atoms with Crippen LogP contribution in [0.4, 0.5) is 0 Å². The van der Waals surface area contributed by atoms with E-state index < -0.39 is 12.0 Å². The quantitative estimate of drug-likeness (QED) is 0.612. The Labute approximate surface area is 92.7 Å². The molecule has 0 radical (unpaired) electrons. The summed E-state index contributed by atoms with van der Waals surface area (Å²) < 4.78 is 0. The predicted molar refractivity (Wildman–Crippen MR) is 55.6 cm³/mol. The van der Waals surface area contributed by atoms with Crippen molar-refractivity contribution in [3.63, 3.8) is 0 Å². The maximum atomic E-state index is 11.1. The molecular weight excluding hydrogens is 218 g/mol. The van der Waals surface area contributed by atoms with Crippen LogP contribution in [0.3, 0.4) is 0 Å². The highest BCUT2D eigenvalue weighted by atomic mass is 35.5. The minimum Gasteiger partial charge on any atom is -0.388 e. The number of hydrogen-bond donors (Lipinski definition) is 2. The second-order valence-corrected chi connectivity index (χ2v) is 3.63. The van der Waals surface area contributed by atoms with Crippen LogP contribution in [0.2, 0.25) is 5.02 Å². The number of aliphatic hydroxyl groups is 1. The Kier molecular flexibility index (Phi) is 4.08. The number of nitrogens with zero attached hydrogens (tertiary/aromatic N) is 1. The third kappa shape index (κ3) is 3.51. The molecule has 1 aromatic carbocycles. The van der Waals surface area contributed by atoms with E-state index in [1.807, 2.05) is 0 Å². The minimum absolute atomic E-state index is 0.173. The Balaban J connectivity index is 2.69. The highest BCUT2D eigenvalue weighted by molar-refractivity contribution is 6.30. The number of amides is 1. The van der Waals surface area contributed by atoms with Gasteiger partial charge in [0, 0.05) is 12.1 Å². The molecule has 1 atom stereocenters. The van der Waals surface area contributed by atoms with Gasteiger partial charge in [0.2, 0.25) is 5.91 Å². The summed E-state index contributed by atoms with van der Waals surface area (Å²) in [7, 11) is 1.22. The fourth-order valence-electron chi connectivity index (χ4n) is 1.13. The first-order chi connectivity index (χ1) is 7.00. The number of halogens is 1. The number of benzene rings is 1. The van der Waals surface area contributed by atoms with Crippen LogP contribution in [0.25, 0.3) is 0 Å². The molecule has 0 spiro atoms. The van der Waals surface area contributed by atoms with Crippen LogP contribution in [0.5, 0.6) is 0 Å². The smallest absolute Gasteiger partial charge is 0.248 e. The van der Waals surface area contributed by atoms with Gasteiger partial charge in [-0.2, -0.15) is 0 Å². The van der Waals surface area contributed by atoms with Crippen molar-refractivity contribution in [3.05, 3.63) is 34.9 Å². The van der Waals surface area contributed by atoms with E-state index in [0.717, 1.165) is 0 Å². The van der Waals surface area contributed by atoms with Gasteiger partial charge >= 0.3 is 0 Å². The first-order valence-electron chi connectivity index (χ1n) is 4.39. The van der Waals surface area contributed by atoms with E-state index in [4.69, 9.17) is 16.8 Å². The molecule has 0 saturated heterocycles. The minimum atomic E-state index is -0.953. The molecule has 4 nitrogen and oxygen atoms in total. The van der Waals surface area contributed by atoms with E-state index in [-0.39, 0.29) is 6.42 Å². The van der Waals surface area contributed by atoms with Crippen LogP contribution in [0, 0.1) is 0 Å². The normalized spacial score (nSPS) is 12.3. The van der Waals surface area contributed by atoms with Crippen molar-refractivity contribution in [2.45, 2.75) is 12.5 Å². The van der Waals surface area contributed by atoms with Gasteiger partial charge < -0.3 is 5.11 Å². The molecule has 0 bridgehead atoms. The first-order valence-corrected chi connectivity index (χ1v) is 4.77. The van der Waals surface area contributed by atoms with Crippen LogP contribution in [-0.2, 0) is 4.79 Å². The zero-order chi connectivity index (χ0) is 11.4. The van der Waals surface area contributed by atoms with Gasteiger partial charge in [-0.1, -0.05) is 23.7 Å². The Morgan fingerprint density at radius 1 is 1.60 bits per heavy atom. The Morgan fingerprint density at radius 2 is 2.27 bits per heavy atom. The van der Waals surface area contributed by atoms with Crippen molar-refractivity contribution >= 4 is 17.5 Å². The molecule has 5 heteroatoms. The Bertz CT molecular complexity index is 354. The fraction of sp³-hybridized carbons (Fsp3) is 0.300. The summed E-state index contributed by atoms with van der Waals surface area (Å²) in [5.74, 6) is -0.553. The van der Waals surface area contributed by atoms with Crippen molar-refractivity contribution in [2.75, 3.05) is 7.05 Å². The number of hydroxylamine groups is 2. The van der Waals surface area contributed by atoms with Gasteiger partial charge in [0.25, 0.3) is 0 Å². The maximum Gasteiger partial charge on any atom is 0.248 e. The van der Waals surface area contributed by atoms with E-state index in [1.54, 1.807) is 24.3 Å². The van der Waals surface area contributed by atoms with Crippen LogP contribution >= 0.6 is 11.6 Å². The third-order valence-corrected chi connectivity index (χ3v) is 2.20. The predicted octanol–water partition coefficient (Wildman–Crippen LogP) is 1.61. The summed E-state index contributed by atoms with van der Waals surface area (Å²) in [6, 6.07) is 6.61. The van der Waals surface area contributed by atoms with Gasteiger partial charge in [-0.25, -0.2) is 5.06 Å². The largest absolute Gasteiger partial charge is 0.388 e. The molecule has 0 heterocycles. The van der Waals surface area contributed by atoms with E-state index in [2.05, 4.69) is 0 Å². The SMILES string of the molecule is CN(O)C(=O)CC(O)c1cccc(Cl)c1. The molecule has 82 valence electrons. The molecule has 0 aromatic heterocycles. The maximum absolute atomic E-state index is 11.1. The van der Waals surface area contributed by atoms with Crippen molar-refractivity contribution in [1.29, 1.82) is 0 Å². The van der Waals surface area contributed by atoms with E-state index >= 15 is 0 Å². The first kappa shape index (κ1) is 12.0. The van der Waals surface area contributed by atoms with Gasteiger partial charge in [0.1, 0.15) is 0 Å². The lowest BCUT2D eigenvalue weighted by atomic mass is 10.1. The summed E-state index contributed by atoms with van der Waals surface area (Å²) in [6.45, 7) is 0. The highest BCUT2D eigenvalue weighted by Gasteiger charge is 2.15. The molecule has 0 saturated carbocycles. The second-order valence-electron chi connectivity index (χ2n) is 3.19. The van der Waals surface area contributed by atoms with Gasteiger partial charge in [0.05, 0.1) is 12.5 Å². The Morgan fingerprint density at radius 3 is 2.80 bits per heavy atom. The molecule has 1 rings (SSSR count). The van der Waals surface area contributed by atoms with Gasteiger partial charge in [-0.05, 0) is 17.7 Å². The van der Waals surface area contributed by atoms with Gasteiger partial charge in [-0.3, -0.25) is 10.0 Å². The van der Waals surface area contributed by atoms with Crippen LogP contribution in [-0.4, -0.2) is 28.3 Å². The van der Waals surface area contributed by atoms with Crippen LogP contribution < -0.4 is 0 Å². The average Bonchev–Trinajstić information content (AvgIpc) is 2.17. The monoisotopic (exact) mass is 229 g/mol. The lowest BCUT2D eigenvalue weighted by molar-refractivity contribution is -0.161. The molecule has 1 amide bonds. The summed E-state index contributed by atoms with van der Waals surface area (Å²) >= 11 is 5.73. The van der Waals surface area contributed by atoms with Crippen molar-refractivity contribution < 1.29 is 15.1 Å².